The number of thiol groups is 1. The summed E-state index contributed by atoms with van der Waals surface area (Å²) in [6, 6.07) is 2.82. The predicted octanol–water partition coefficient (Wildman–Crippen LogP) is 2.64. The minimum Gasteiger partial charge on any atom is -0.309 e. The van der Waals surface area contributed by atoms with E-state index in [-0.39, 0.29) is 11.1 Å². The van der Waals surface area contributed by atoms with E-state index in [1.807, 2.05) is 0 Å². The fourth-order valence-electron chi connectivity index (χ4n) is 2.82. The third-order valence-corrected chi connectivity index (χ3v) is 4.62. The van der Waals surface area contributed by atoms with E-state index in [1.165, 1.54) is 17.1 Å². The molecule has 6 heteroatoms. The highest BCUT2D eigenvalue weighted by molar-refractivity contribution is 7.80. The summed E-state index contributed by atoms with van der Waals surface area (Å²) < 4.78 is 1.47. The molecule has 5 nitrogen and oxygen atoms in total. The molecule has 1 fully saturated rings. The van der Waals surface area contributed by atoms with E-state index in [0.29, 0.717) is 12.3 Å². The molecule has 0 saturated heterocycles. The van der Waals surface area contributed by atoms with Gasteiger partial charge in [0.2, 0.25) is 0 Å². The lowest BCUT2D eigenvalue weighted by Gasteiger charge is -2.36. The molecule has 2 rings (SSSR count). The van der Waals surface area contributed by atoms with Gasteiger partial charge in [-0.05, 0) is 30.1 Å². The summed E-state index contributed by atoms with van der Waals surface area (Å²) in [4.78, 5) is 22.2. The monoisotopic (exact) mass is 282 g/mol. The Kier molecular flexibility index (Phi) is 4.29. The van der Waals surface area contributed by atoms with Crippen molar-refractivity contribution in [3.05, 3.63) is 38.8 Å². The molecular weight excluding hydrogens is 264 g/mol. The Labute approximate surface area is 117 Å². The van der Waals surface area contributed by atoms with Crippen molar-refractivity contribution in [3.63, 3.8) is 0 Å². The van der Waals surface area contributed by atoms with E-state index in [2.05, 4.69) is 12.6 Å². The lowest BCUT2D eigenvalue weighted by molar-refractivity contribution is -0.386. The first-order valence-electron chi connectivity index (χ1n) is 6.53. The van der Waals surface area contributed by atoms with E-state index in [9.17, 15) is 14.9 Å². The molecule has 0 N–H and O–H groups in total. The van der Waals surface area contributed by atoms with Crippen LogP contribution in [0.5, 0.6) is 0 Å². The summed E-state index contributed by atoms with van der Waals surface area (Å²) in [7, 11) is 0. The maximum Gasteiger partial charge on any atom is 0.334 e. The van der Waals surface area contributed by atoms with Gasteiger partial charge in [-0.25, -0.2) is 0 Å². The fraction of sp³-hybridized carbons (Fsp3) is 0.615. The second-order valence-corrected chi connectivity index (χ2v) is 5.62. The van der Waals surface area contributed by atoms with Gasteiger partial charge in [0.25, 0.3) is 0 Å². The second-order valence-electron chi connectivity index (χ2n) is 5.30. The molecule has 0 aliphatic heterocycles. The highest BCUT2D eigenvalue weighted by atomic mass is 32.1. The highest BCUT2D eigenvalue weighted by Gasteiger charge is 2.32. The first-order valence-corrected chi connectivity index (χ1v) is 7.16. The van der Waals surface area contributed by atoms with Gasteiger partial charge in [-0.2, -0.15) is 12.6 Å². The molecule has 0 aromatic carbocycles. The van der Waals surface area contributed by atoms with E-state index < -0.39 is 10.5 Å². The van der Waals surface area contributed by atoms with Crippen molar-refractivity contribution >= 4 is 18.3 Å². The van der Waals surface area contributed by atoms with Crippen molar-refractivity contribution in [2.45, 2.75) is 38.6 Å². The van der Waals surface area contributed by atoms with Crippen molar-refractivity contribution < 1.29 is 4.92 Å². The third kappa shape index (κ3) is 3.00. The zero-order valence-corrected chi connectivity index (χ0v) is 11.6. The molecule has 0 bridgehead atoms. The van der Waals surface area contributed by atoms with Crippen LogP contribution >= 0.6 is 12.6 Å². The van der Waals surface area contributed by atoms with E-state index >= 15 is 0 Å². The van der Waals surface area contributed by atoms with Crippen LogP contribution in [0.3, 0.4) is 0 Å². The summed E-state index contributed by atoms with van der Waals surface area (Å²) in [5, 5.41) is 10.8. The number of nitro groups is 1. The molecule has 1 aromatic rings. The van der Waals surface area contributed by atoms with Gasteiger partial charge < -0.3 is 4.57 Å². The maximum atomic E-state index is 12.0. The summed E-state index contributed by atoms with van der Waals surface area (Å²) >= 11 is 4.43. The number of nitrogens with zero attached hydrogens (tertiary/aromatic N) is 2. The molecule has 1 aliphatic rings. The van der Waals surface area contributed by atoms with Gasteiger partial charge in [0.1, 0.15) is 0 Å². The zero-order valence-electron chi connectivity index (χ0n) is 10.7. The molecule has 0 spiro atoms. The normalized spacial score (nSPS) is 18.2. The van der Waals surface area contributed by atoms with Crippen LogP contribution in [0.25, 0.3) is 0 Å². The fourth-order valence-corrected chi connectivity index (χ4v) is 3.23. The largest absolute Gasteiger partial charge is 0.334 e. The van der Waals surface area contributed by atoms with E-state index in [0.717, 1.165) is 25.7 Å². The number of pyridine rings is 1. The molecule has 0 radical (unpaired) electrons. The van der Waals surface area contributed by atoms with Crippen LogP contribution in [0.15, 0.2) is 23.1 Å². The van der Waals surface area contributed by atoms with Gasteiger partial charge in [0, 0.05) is 18.8 Å². The lowest BCUT2D eigenvalue weighted by atomic mass is 9.75. The van der Waals surface area contributed by atoms with Gasteiger partial charge in [0.15, 0.2) is 0 Å². The zero-order chi connectivity index (χ0) is 13.9. The van der Waals surface area contributed by atoms with Gasteiger partial charge >= 0.3 is 11.2 Å². The Morgan fingerprint density at radius 2 is 2.05 bits per heavy atom. The van der Waals surface area contributed by atoms with Crippen LogP contribution < -0.4 is 5.56 Å². The first-order chi connectivity index (χ1) is 9.08. The quantitative estimate of drug-likeness (QED) is 0.524. The molecule has 0 amide bonds. The Morgan fingerprint density at radius 1 is 1.37 bits per heavy atom. The first kappa shape index (κ1) is 14.1. The number of rotatable bonds is 4. The number of aromatic nitrogens is 1. The van der Waals surface area contributed by atoms with Crippen molar-refractivity contribution in [2.24, 2.45) is 5.41 Å². The van der Waals surface area contributed by atoms with Gasteiger partial charge in [-0.1, -0.05) is 19.3 Å². The topological polar surface area (TPSA) is 65.1 Å². The van der Waals surface area contributed by atoms with Crippen molar-refractivity contribution in [1.29, 1.82) is 0 Å². The maximum absolute atomic E-state index is 12.0. The average Bonchev–Trinajstić information content (AvgIpc) is 2.42. The molecule has 1 aromatic heterocycles. The molecule has 0 atom stereocenters. The Hall–Kier alpha value is -1.30. The molecule has 1 saturated carbocycles. The molecule has 19 heavy (non-hydrogen) atoms. The minimum absolute atomic E-state index is 0.000406. The van der Waals surface area contributed by atoms with Crippen LogP contribution in [0.2, 0.25) is 0 Å². The average molecular weight is 282 g/mol. The van der Waals surface area contributed by atoms with Crippen LogP contribution in [0, 0.1) is 15.5 Å². The predicted molar refractivity (Wildman–Crippen MR) is 76.7 cm³/mol. The van der Waals surface area contributed by atoms with Gasteiger partial charge in [-0.15, -0.1) is 0 Å². The summed E-state index contributed by atoms with van der Waals surface area (Å²) in [5.74, 6) is 0.710. The minimum atomic E-state index is -0.618. The van der Waals surface area contributed by atoms with Crippen LogP contribution in [0.4, 0.5) is 5.69 Å². The Balaban J connectivity index is 2.30. The Morgan fingerprint density at radius 3 is 2.63 bits per heavy atom. The highest BCUT2D eigenvalue weighted by Crippen LogP contribution is 2.38. The summed E-state index contributed by atoms with van der Waals surface area (Å²) in [6.07, 6.45) is 7.21. The van der Waals surface area contributed by atoms with Gasteiger partial charge in [0.05, 0.1) is 4.92 Å². The Bertz CT molecular complexity index is 521. The van der Waals surface area contributed by atoms with Crippen LogP contribution in [0.1, 0.15) is 32.1 Å². The standard InChI is InChI=1S/C13H18N2O3S/c16-12-11(15(17)18)5-4-8-14(12)9-13(10-19)6-2-1-3-7-13/h4-5,8,19H,1-3,6-7,9-10H2. The molecule has 1 aliphatic carbocycles. The third-order valence-electron chi connectivity index (χ3n) is 3.95. The van der Waals surface area contributed by atoms with Crippen LogP contribution in [-0.4, -0.2) is 15.2 Å². The van der Waals surface area contributed by atoms with Crippen LogP contribution in [-0.2, 0) is 6.54 Å². The molecule has 1 heterocycles. The van der Waals surface area contributed by atoms with Crippen molar-refractivity contribution in [3.8, 4) is 0 Å². The second kappa shape index (κ2) is 5.77. The van der Waals surface area contributed by atoms with E-state index in [1.54, 1.807) is 12.3 Å². The molecular formula is C13H18N2O3S. The summed E-state index contributed by atoms with van der Waals surface area (Å²) in [5.41, 5.74) is -0.868. The van der Waals surface area contributed by atoms with Gasteiger partial charge in [-0.3, -0.25) is 14.9 Å². The molecule has 0 unspecified atom stereocenters. The van der Waals surface area contributed by atoms with E-state index in [4.69, 9.17) is 0 Å². The number of hydrogen-bond acceptors (Lipinski definition) is 4. The SMILES string of the molecule is O=c1c([N+](=O)[O-])cccn1CC1(CS)CCCCC1. The molecule has 104 valence electrons. The number of hydrogen-bond donors (Lipinski definition) is 1. The van der Waals surface area contributed by atoms with Crippen molar-refractivity contribution in [1.82, 2.24) is 4.57 Å². The lowest BCUT2D eigenvalue weighted by Crippen LogP contribution is -2.35. The summed E-state index contributed by atoms with van der Waals surface area (Å²) in [6.45, 7) is 0.525. The smallest absolute Gasteiger partial charge is 0.309 e. The van der Waals surface area contributed by atoms with Crippen molar-refractivity contribution in [2.75, 3.05) is 5.75 Å².